The van der Waals surface area contributed by atoms with Gasteiger partial charge >= 0.3 is 5.97 Å². The molecule has 4 bridgehead atoms. The SMILES string of the molecule is CO[C@H]1C[C@@H]2CC[C@@H](C)[C@@](O)(O2)C(=O)C(=O)N2CCC[C@@H]3C(C[C@@H]4CC[C@@H](O)[C@H](OC)C4)[C@H](CC(=O)C(C)/C=C(\C)[C@@H](O)[C@@H](OC)C(=O)[C@H](C)CC(C)/C=C/C=C/C=C/1C)OC(=O)[C@H]32. The number of piperidine rings is 1. The predicted molar refractivity (Wildman–Crippen MR) is 238 cm³/mol. The molecule has 5 rings (SSSR count). The van der Waals surface area contributed by atoms with Crippen LogP contribution in [-0.2, 0) is 47.7 Å². The summed E-state index contributed by atoms with van der Waals surface area (Å²) in [6, 6.07) is -1.12. The first-order chi connectivity index (χ1) is 30.3. The van der Waals surface area contributed by atoms with Crippen molar-refractivity contribution in [3.8, 4) is 0 Å². The van der Waals surface area contributed by atoms with E-state index in [1.54, 1.807) is 41.1 Å². The van der Waals surface area contributed by atoms with Gasteiger partial charge in [0.05, 0.1) is 24.4 Å². The van der Waals surface area contributed by atoms with Crippen molar-refractivity contribution in [2.75, 3.05) is 27.9 Å². The highest BCUT2D eigenvalue weighted by atomic mass is 16.6. The Kier molecular flexibility index (Phi) is 18.5. The molecule has 5 aliphatic rings. The summed E-state index contributed by atoms with van der Waals surface area (Å²) in [6.07, 6.45) is 10.8. The normalized spacial score (nSPS) is 43.2. The van der Waals surface area contributed by atoms with Crippen molar-refractivity contribution in [3.63, 3.8) is 0 Å². The number of amides is 1. The number of allylic oxidation sites excluding steroid dienone is 6. The van der Waals surface area contributed by atoms with Gasteiger partial charge < -0.3 is 43.9 Å². The number of carbonyl (C=O) groups is 5. The highest BCUT2D eigenvalue weighted by Gasteiger charge is 2.57. The fourth-order valence-corrected chi connectivity index (χ4v) is 10.9. The second-order valence-corrected chi connectivity index (χ2v) is 19.5. The molecule has 0 aromatic rings. The maximum Gasteiger partial charge on any atom is 0.329 e. The summed E-state index contributed by atoms with van der Waals surface area (Å²) in [5.74, 6) is -8.43. The van der Waals surface area contributed by atoms with Crippen molar-refractivity contribution in [1.29, 1.82) is 0 Å². The number of fused-ring (bicyclic) bond motifs is 4. The van der Waals surface area contributed by atoms with Crippen LogP contribution in [0.25, 0.3) is 0 Å². The zero-order valence-corrected chi connectivity index (χ0v) is 39.5. The number of esters is 1. The number of ketones is 3. The molecular weight excluding hydrogens is 823 g/mol. The van der Waals surface area contributed by atoms with E-state index >= 15 is 0 Å². The highest BCUT2D eigenvalue weighted by Crippen LogP contribution is 2.45. The molecule has 64 heavy (non-hydrogen) atoms. The number of Topliss-reactive ketones (excluding diaryl/α,β-unsaturated/α-hetero) is 3. The highest BCUT2D eigenvalue weighted by molar-refractivity contribution is 6.39. The second kappa shape index (κ2) is 22.9. The van der Waals surface area contributed by atoms with E-state index in [-0.39, 0.29) is 42.5 Å². The van der Waals surface area contributed by atoms with Crippen molar-refractivity contribution in [1.82, 2.24) is 4.90 Å². The van der Waals surface area contributed by atoms with Gasteiger partial charge in [-0.3, -0.25) is 19.2 Å². The molecule has 14 heteroatoms. The average molecular weight is 898 g/mol. The van der Waals surface area contributed by atoms with E-state index < -0.39 is 95.7 Å². The smallest absolute Gasteiger partial charge is 0.329 e. The third kappa shape index (κ3) is 12.0. The molecule has 4 fully saturated rings. The monoisotopic (exact) mass is 898 g/mol. The number of carbonyl (C=O) groups excluding carboxylic acids is 5. The zero-order valence-electron chi connectivity index (χ0n) is 39.5. The van der Waals surface area contributed by atoms with E-state index in [0.717, 1.165) is 5.57 Å². The summed E-state index contributed by atoms with van der Waals surface area (Å²) in [5, 5.41) is 34.1. The maximum atomic E-state index is 14.4. The molecule has 0 radical (unpaired) electrons. The van der Waals surface area contributed by atoms with Crippen LogP contribution in [0.1, 0.15) is 112 Å². The Hall–Kier alpha value is -3.37. The van der Waals surface area contributed by atoms with Gasteiger partial charge in [0, 0.05) is 64.4 Å². The van der Waals surface area contributed by atoms with E-state index in [2.05, 4.69) is 0 Å². The molecular formula is C50H75NO13. The van der Waals surface area contributed by atoms with Crippen molar-refractivity contribution in [2.24, 2.45) is 41.4 Å². The molecule has 1 aliphatic carbocycles. The Morgan fingerprint density at radius 2 is 1.58 bits per heavy atom. The van der Waals surface area contributed by atoms with Gasteiger partial charge in [0.25, 0.3) is 11.7 Å². The summed E-state index contributed by atoms with van der Waals surface area (Å²) in [5.41, 5.74) is 1.28. The van der Waals surface area contributed by atoms with Crippen LogP contribution in [0.2, 0.25) is 0 Å². The van der Waals surface area contributed by atoms with E-state index in [9.17, 15) is 39.3 Å². The van der Waals surface area contributed by atoms with Gasteiger partial charge in [-0.2, -0.15) is 0 Å². The standard InChI is InChI=1S/C50H75NO13/c1-28-14-11-10-12-15-29(2)40(60-7)26-35-19-17-33(6)50(59,64-35)47(56)48(57)51-21-13-16-36-37(24-34-18-20-38(52)42(25-34)61-8)41(63-49(58)43(36)51)27-39(53)30(3)23-32(5)45(55)46(62-9)44(54)31(4)22-28/h10-12,14-15,23,28,30-31,33-38,40-43,45-46,52,55,59H,13,16-22,24-27H2,1-9H3/b12-10+,14-11+,29-15+,32-23+/t28?,30?,31-,33-,34+,35+,36-,37?,38-,40+,41+,42-,43+,45-,46+,50-/m1/s1. The molecule has 1 saturated carbocycles. The van der Waals surface area contributed by atoms with Crippen LogP contribution in [0.3, 0.4) is 0 Å². The number of nitrogens with zero attached hydrogens (tertiary/aromatic N) is 1. The van der Waals surface area contributed by atoms with Crippen molar-refractivity contribution in [3.05, 3.63) is 47.6 Å². The molecule has 3 unspecified atom stereocenters. The largest absolute Gasteiger partial charge is 0.460 e. The number of methoxy groups -OCH3 is 3. The minimum absolute atomic E-state index is 0.0231. The van der Waals surface area contributed by atoms with Crippen LogP contribution in [0.4, 0.5) is 0 Å². The average Bonchev–Trinajstić information content (AvgIpc) is 3.27. The molecule has 0 aromatic carbocycles. The number of hydrogen-bond acceptors (Lipinski definition) is 13. The van der Waals surface area contributed by atoms with E-state index in [4.69, 9.17) is 23.7 Å². The van der Waals surface area contributed by atoms with Crippen LogP contribution < -0.4 is 0 Å². The van der Waals surface area contributed by atoms with Gasteiger partial charge in [0.1, 0.15) is 30.1 Å². The number of ether oxygens (including phenoxy) is 5. The number of aliphatic hydroxyl groups excluding tert-OH is 2. The van der Waals surface area contributed by atoms with Gasteiger partial charge in [-0.1, -0.05) is 64.2 Å². The topological polar surface area (TPSA) is 195 Å². The van der Waals surface area contributed by atoms with Crippen molar-refractivity contribution in [2.45, 2.75) is 167 Å². The van der Waals surface area contributed by atoms with Crippen LogP contribution in [0.5, 0.6) is 0 Å². The Bertz CT molecular complexity index is 1790. The fraction of sp³-hybridized carbons (Fsp3) is 0.740. The van der Waals surface area contributed by atoms with Crippen LogP contribution in [-0.4, -0.2) is 132 Å². The predicted octanol–water partition coefficient (Wildman–Crippen LogP) is 5.40. The molecule has 4 heterocycles. The number of rotatable bonds is 5. The maximum absolute atomic E-state index is 14.4. The minimum Gasteiger partial charge on any atom is -0.460 e. The van der Waals surface area contributed by atoms with Gasteiger partial charge in [0.15, 0.2) is 5.78 Å². The minimum atomic E-state index is -2.43. The molecule has 16 atom stereocenters. The van der Waals surface area contributed by atoms with Crippen LogP contribution in [0.15, 0.2) is 47.6 Å². The summed E-state index contributed by atoms with van der Waals surface area (Å²) in [7, 11) is 4.52. The second-order valence-electron chi connectivity index (χ2n) is 19.5. The van der Waals surface area contributed by atoms with Crippen LogP contribution >= 0.6 is 0 Å². The lowest BCUT2D eigenvalue weighted by atomic mass is 9.68. The summed E-state index contributed by atoms with van der Waals surface area (Å²) >= 11 is 0. The molecule has 4 aliphatic heterocycles. The molecule has 0 aromatic heterocycles. The lowest BCUT2D eigenvalue weighted by Crippen LogP contribution is -2.65. The van der Waals surface area contributed by atoms with E-state index in [1.807, 2.05) is 51.2 Å². The summed E-state index contributed by atoms with van der Waals surface area (Å²) in [6.45, 7) is 10.9. The first-order valence-corrected chi connectivity index (χ1v) is 23.5. The Labute approximate surface area is 379 Å². The van der Waals surface area contributed by atoms with Crippen molar-refractivity contribution >= 4 is 29.2 Å². The zero-order chi connectivity index (χ0) is 47.0. The van der Waals surface area contributed by atoms with Gasteiger partial charge in [-0.25, -0.2) is 4.79 Å². The first-order valence-electron chi connectivity index (χ1n) is 23.5. The van der Waals surface area contributed by atoms with Crippen molar-refractivity contribution < 1.29 is 63.0 Å². The molecule has 3 saturated heterocycles. The van der Waals surface area contributed by atoms with E-state index in [0.29, 0.717) is 69.8 Å². The Morgan fingerprint density at radius 3 is 2.27 bits per heavy atom. The third-order valence-electron chi connectivity index (χ3n) is 14.9. The van der Waals surface area contributed by atoms with E-state index in [1.165, 1.54) is 12.0 Å². The lowest BCUT2D eigenvalue weighted by Gasteiger charge is -2.50. The number of hydrogen-bond donors (Lipinski definition) is 3. The van der Waals surface area contributed by atoms with Gasteiger partial charge in [0.2, 0.25) is 5.79 Å². The first kappa shape index (κ1) is 51.6. The molecule has 1 amide bonds. The summed E-state index contributed by atoms with van der Waals surface area (Å²) < 4.78 is 29.4. The van der Waals surface area contributed by atoms with Gasteiger partial charge in [-0.15, -0.1) is 0 Å². The Balaban J connectivity index is 1.51. The Morgan fingerprint density at radius 1 is 0.844 bits per heavy atom. The lowest BCUT2D eigenvalue weighted by molar-refractivity contribution is -0.266. The third-order valence-corrected chi connectivity index (χ3v) is 14.9. The molecule has 0 spiro atoms. The molecule has 358 valence electrons. The fourth-order valence-electron chi connectivity index (χ4n) is 10.9. The van der Waals surface area contributed by atoms with Crippen LogP contribution in [0, 0.1) is 41.4 Å². The van der Waals surface area contributed by atoms with Gasteiger partial charge in [-0.05, 0) is 101 Å². The summed E-state index contributed by atoms with van der Waals surface area (Å²) in [4.78, 5) is 72.0. The quantitative estimate of drug-likeness (QED) is 0.181. The number of aliphatic hydroxyl groups is 3. The molecule has 14 nitrogen and oxygen atoms in total. The molecule has 3 N–H and O–H groups in total.